The van der Waals surface area contributed by atoms with Crippen molar-refractivity contribution in [2.24, 2.45) is 0 Å². The number of carbonyl (C=O) groups excluding carboxylic acids is 3. The van der Waals surface area contributed by atoms with E-state index in [1.165, 1.54) is 11.8 Å². The third-order valence-corrected chi connectivity index (χ3v) is 6.44. The fourth-order valence-corrected chi connectivity index (χ4v) is 4.67. The van der Waals surface area contributed by atoms with E-state index in [4.69, 9.17) is 9.72 Å². The lowest BCUT2D eigenvalue weighted by Crippen LogP contribution is -2.42. The van der Waals surface area contributed by atoms with Crippen LogP contribution in [0.25, 0.3) is 21.8 Å². The van der Waals surface area contributed by atoms with Gasteiger partial charge in [0.1, 0.15) is 10.8 Å². The Morgan fingerprint density at radius 3 is 2.54 bits per heavy atom. The van der Waals surface area contributed by atoms with Gasteiger partial charge in [0.05, 0.1) is 17.9 Å². The first-order valence-electron chi connectivity index (χ1n) is 11.0. The van der Waals surface area contributed by atoms with Gasteiger partial charge in [-0.3, -0.25) is 19.3 Å². The standard InChI is InChI=1S/C27H21N3O4S/c1-17(31)28-21-10-7-18(8-11-21)24(32)14-30-23-13-20(9-12-25(23)34-15-26(30)33)22-16-35-27(29-22)19-5-3-2-4-6-19/h2-13,16H,14-15H2,1H3,(H,28,31). The van der Waals surface area contributed by atoms with Crippen LogP contribution in [0.2, 0.25) is 0 Å². The molecule has 7 nitrogen and oxygen atoms in total. The van der Waals surface area contributed by atoms with E-state index in [1.54, 1.807) is 41.7 Å². The summed E-state index contributed by atoms with van der Waals surface area (Å²) in [5.74, 6) is -0.154. The second-order valence-electron chi connectivity index (χ2n) is 8.04. The number of Topliss-reactive ketones (excluding diaryl/α,β-unsaturated/α-hetero) is 1. The molecular weight excluding hydrogens is 462 g/mol. The molecule has 0 saturated heterocycles. The van der Waals surface area contributed by atoms with Crippen LogP contribution in [-0.4, -0.2) is 35.7 Å². The maximum absolute atomic E-state index is 13.0. The molecule has 0 fully saturated rings. The highest BCUT2D eigenvalue weighted by Crippen LogP contribution is 2.37. The van der Waals surface area contributed by atoms with Gasteiger partial charge < -0.3 is 10.1 Å². The number of aromatic nitrogens is 1. The number of amides is 2. The number of anilines is 2. The van der Waals surface area contributed by atoms with Gasteiger partial charge >= 0.3 is 0 Å². The summed E-state index contributed by atoms with van der Waals surface area (Å²) in [4.78, 5) is 43.1. The van der Waals surface area contributed by atoms with Crippen LogP contribution in [0.5, 0.6) is 5.75 Å². The van der Waals surface area contributed by atoms with E-state index >= 15 is 0 Å². The second-order valence-corrected chi connectivity index (χ2v) is 8.89. The fourth-order valence-electron chi connectivity index (χ4n) is 3.83. The average molecular weight is 484 g/mol. The summed E-state index contributed by atoms with van der Waals surface area (Å²) in [6.45, 7) is 1.17. The van der Waals surface area contributed by atoms with Crippen molar-refractivity contribution in [1.29, 1.82) is 0 Å². The molecule has 0 saturated carbocycles. The van der Waals surface area contributed by atoms with Crippen LogP contribution < -0.4 is 15.0 Å². The Balaban J connectivity index is 1.40. The molecule has 1 aliphatic rings. The van der Waals surface area contributed by atoms with Crippen molar-refractivity contribution >= 4 is 40.3 Å². The summed E-state index contributed by atoms with van der Waals surface area (Å²) in [6.07, 6.45) is 0. The van der Waals surface area contributed by atoms with Crippen LogP contribution in [0.4, 0.5) is 11.4 Å². The van der Waals surface area contributed by atoms with Crippen LogP contribution in [0.1, 0.15) is 17.3 Å². The monoisotopic (exact) mass is 483 g/mol. The molecule has 2 amide bonds. The van der Waals surface area contributed by atoms with Crippen molar-refractivity contribution in [2.75, 3.05) is 23.4 Å². The number of rotatable bonds is 6. The third kappa shape index (κ3) is 4.83. The minimum absolute atomic E-state index is 0.121. The van der Waals surface area contributed by atoms with Crippen molar-refractivity contribution < 1.29 is 19.1 Å². The van der Waals surface area contributed by atoms with Gasteiger partial charge in [-0.05, 0) is 42.5 Å². The number of carbonyl (C=O) groups is 3. The van der Waals surface area contributed by atoms with Crippen LogP contribution in [0.15, 0.2) is 78.2 Å². The van der Waals surface area contributed by atoms with Gasteiger partial charge in [0, 0.05) is 34.7 Å². The molecule has 0 atom stereocenters. The average Bonchev–Trinajstić information content (AvgIpc) is 3.36. The first-order chi connectivity index (χ1) is 17.0. The summed E-state index contributed by atoms with van der Waals surface area (Å²) in [7, 11) is 0. The molecule has 1 aliphatic heterocycles. The molecule has 35 heavy (non-hydrogen) atoms. The maximum Gasteiger partial charge on any atom is 0.265 e. The normalized spacial score (nSPS) is 12.6. The van der Waals surface area contributed by atoms with Gasteiger partial charge in [0.15, 0.2) is 12.4 Å². The molecule has 8 heteroatoms. The largest absolute Gasteiger partial charge is 0.482 e. The number of hydrogen-bond acceptors (Lipinski definition) is 6. The minimum atomic E-state index is -0.291. The van der Waals surface area contributed by atoms with E-state index in [-0.39, 0.29) is 30.7 Å². The molecule has 2 heterocycles. The van der Waals surface area contributed by atoms with Crippen LogP contribution in [0.3, 0.4) is 0 Å². The Labute approximate surface area is 206 Å². The predicted molar refractivity (Wildman–Crippen MR) is 136 cm³/mol. The smallest absolute Gasteiger partial charge is 0.265 e. The predicted octanol–water partition coefficient (Wildman–Crippen LogP) is 5.04. The first kappa shape index (κ1) is 22.5. The molecule has 0 radical (unpaired) electrons. The van der Waals surface area contributed by atoms with Gasteiger partial charge in [0.2, 0.25) is 5.91 Å². The van der Waals surface area contributed by atoms with E-state index in [0.29, 0.717) is 22.7 Å². The zero-order valence-electron chi connectivity index (χ0n) is 18.9. The SMILES string of the molecule is CC(=O)Nc1ccc(C(=O)CN2C(=O)COc3ccc(-c4csc(-c5ccccc5)n4)cc32)cc1. The number of ketones is 1. The zero-order valence-corrected chi connectivity index (χ0v) is 19.7. The van der Waals surface area contributed by atoms with Crippen molar-refractivity contribution in [3.05, 3.63) is 83.7 Å². The Morgan fingerprint density at radius 2 is 1.80 bits per heavy atom. The molecule has 5 rings (SSSR count). The molecule has 3 aromatic carbocycles. The minimum Gasteiger partial charge on any atom is -0.482 e. The Hall–Kier alpha value is -4.30. The number of benzene rings is 3. The summed E-state index contributed by atoms with van der Waals surface area (Å²) in [5.41, 5.74) is 4.24. The van der Waals surface area contributed by atoms with E-state index in [0.717, 1.165) is 21.8 Å². The van der Waals surface area contributed by atoms with Crippen molar-refractivity contribution in [1.82, 2.24) is 4.98 Å². The first-order valence-corrected chi connectivity index (χ1v) is 11.9. The Morgan fingerprint density at radius 1 is 1.03 bits per heavy atom. The molecule has 0 aliphatic carbocycles. The second kappa shape index (κ2) is 9.52. The lowest BCUT2D eigenvalue weighted by molar-refractivity contribution is -0.121. The number of ether oxygens (including phenoxy) is 1. The molecule has 4 aromatic rings. The van der Waals surface area contributed by atoms with Crippen LogP contribution in [-0.2, 0) is 9.59 Å². The Bertz CT molecular complexity index is 1410. The van der Waals surface area contributed by atoms with Gasteiger partial charge in [-0.2, -0.15) is 0 Å². The summed E-state index contributed by atoms with van der Waals surface area (Å²) >= 11 is 1.55. The van der Waals surface area contributed by atoms with Gasteiger partial charge in [-0.25, -0.2) is 4.98 Å². The summed E-state index contributed by atoms with van der Waals surface area (Å²) < 4.78 is 5.61. The highest BCUT2D eigenvalue weighted by Gasteiger charge is 2.28. The molecule has 174 valence electrons. The van der Waals surface area contributed by atoms with E-state index in [1.807, 2.05) is 47.8 Å². The third-order valence-electron chi connectivity index (χ3n) is 5.55. The maximum atomic E-state index is 13.0. The number of nitrogens with one attached hydrogen (secondary N) is 1. The van der Waals surface area contributed by atoms with Crippen LogP contribution in [0, 0.1) is 0 Å². The molecule has 0 bridgehead atoms. The topological polar surface area (TPSA) is 88.6 Å². The Kier molecular flexibility index (Phi) is 6.12. The molecule has 0 unspecified atom stereocenters. The van der Waals surface area contributed by atoms with E-state index < -0.39 is 0 Å². The number of fused-ring (bicyclic) bond motifs is 1. The van der Waals surface area contributed by atoms with Gasteiger partial charge in [-0.15, -0.1) is 11.3 Å². The molecular formula is C27H21N3O4S. The fraction of sp³-hybridized carbons (Fsp3) is 0.111. The quantitative estimate of drug-likeness (QED) is 0.388. The molecule has 0 spiro atoms. The number of hydrogen-bond donors (Lipinski definition) is 1. The lowest BCUT2D eigenvalue weighted by atomic mass is 10.1. The van der Waals surface area contributed by atoms with Crippen molar-refractivity contribution in [2.45, 2.75) is 6.92 Å². The molecule has 1 N–H and O–H groups in total. The number of thiazole rings is 1. The zero-order chi connectivity index (χ0) is 24.4. The summed E-state index contributed by atoms with van der Waals surface area (Å²) in [5, 5.41) is 5.55. The molecule has 1 aromatic heterocycles. The van der Waals surface area contributed by atoms with E-state index in [9.17, 15) is 14.4 Å². The highest BCUT2D eigenvalue weighted by molar-refractivity contribution is 7.13. The van der Waals surface area contributed by atoms with Crippen molar-refractivity contribution in [3.63, 3.8) is 0 Å². The van der Waals surface area contributed by atoms with Gasteiger partial charge in [0.25, 0.3) is 5.91 Å². The van der Waals surface area contributed by atoms with Crippen molar-refractivity contribution in [3.8, 4) is 27.6 Å². The lowest BCUT2D eigenvalue weighted by Gasteiger charge is -2.29. The van der Waals surface area contributed by atoms with Crippen LogP contribution >= 0.6 is 11.3 Å². The highest BCUT2D eigenvalue weighted by atomic mass is 32.1. The van der Waals surface area contributed by atoms with E-state index in [2.05, 4.69) is 5.32 Å². The van der Waals surface area contributed by atoms with Gasteiger partial charge in [-0.1, -0.05) is 30.3 Å². The number of nitrogens with zero attached hydrogens (tertiary/aromatic N) is 2. The summed E-state index contributed by atoms with van der Waals surface area (Å²) in [6, 6.07) is 22.1.